The second kappa shape index (κ2) is 9.36. The number of hydrogen-bond donors (Lipinski definition) is 3. The molecular formula is C20H24ClN3O2. The largest absolute Gasteiger partial charge is 0.346 e. The Bertz CT molecular complexity index is 772. The second-order valence-corrected chi connectivity index (χ2v) is 6.69. The number of halogens is 1. The maximum atomic E-state index is 12.1. The quantitative estimate of drug-likeness (QED) is 0.697. The molecule has 5 nitrogen and oxygen atoms in total. The highest BCUT2D eigenvalue weighted by Crippen LogP contribution is 2.19. The maximum absolute atomic E-state index is 12.1. The first-order valence-corrected chi connectivity index (χ1v) is 8.86. The monoisotopic (exact) mass is 373 g/mol. The Morgan fingerprint density at radius 2 is 1.65 bits per heavy atom. The van der Waals surface area contributed by atoms with E-state index in [1.807, 2.05) is 57.2 Å². The van der Waals surface area contributed by atoms with E-state index in [0.717, 1.165) is 22.4 Å². The number of nitrogens with one attached hydrogen (secondary N) is 3. The molecular weight excluding hydrogens is 350 g/mol. The summed E-state index contributed by atoms with van der Waals surface area (Å²) >= 11 is 5.97. The zero-order valence-electron chi connectivity index (χ0n) is 15.2. The molecule has 2 aromatic rings. The van der Waals surface area contributed by atoms with E-state index in [0.29, 0.717) is 5.02 Å². The topological polar surface area (TPSA) is 70.2 Å². The Morgan fingerprint density at radius 1 is 1.00 bits per heavy atom. The van der Waals surface area contributed by atoms with E-state index in [1.165, 1.54) is 0 Å². The first-order valence-electron chi connectivity index (χ1n) is 8.48. The van der Waals surface area contributed by atoms with Crippen LogP contribution in [0.3, 0.4) is 0 Å². The van der Waals surface area contributed by atoms with Crippen molar-refractivity contribution in [3.8, 4) is 0 Å². The molecule has 0 aliphatic heterocycles. The van der Waals surface area contributed by atoms with Gasteiger partial charge in [0.1, 0.15) is 0 Å². The van der Waals surface area contributed by atoms with E-state index in [2.05, 4.69) is 16.0 Å². The van der Waals surface area contributed by atoms with Crippen LogP contribution in [-0.4, -0.2) is 24.9 Å². The van der Waals surface area contributed by atoms with E-state index < -0.39 is 0 Å². The lowest BCUT2D eigenvalue weighted by Gasteiger charge is -2.15. The van der Waals surface area contributed by atoms with E-state index in [4.69, 9.17) is 11.6 Å². The molecule has 2 amide bonds. The van der Waals surface area contributed by atoms with Crippen molar-refractivity contribution in [2.24, 2.45) is 0 Å². The van der Waals surface area contributed by atoms with Gasteiger partial charge in [-0.05, 0) is 49.6 Å². The fourth-order valence-corrected chi connectivity index (χ4v) is 2.77. The van der Waals surface area contributed by atoms with Gasteiger partial charge in [0.2, 0.25) is 11.8 Å². The van der Waals surface area contributed by atoms with Gasteiger partial charge < -0.3 is 16.0 Å². The molecule has 1 atom stereocenters. The minimum atomic E-state index is -0.251. The number of carbonyl (C=O) groups is 2. The smallest absolute Gasteiger partial charge is 0.243 e. The molecule has 6 heteroatoms. The molecule has 2 aromatic carbocycles. The van der Waals surface area contributed by atoms with Gasteiger partial charge in [-0.15, -0.1) is 0 Å². The maximum Gasteiger partial charge on any atom is 0.243 e. The highest BCUT2D eigenvalue weighted by atomic mass is 35.5. The minimum absolute atomic E-state index is 0.0251. The van der Waals surface area contributed by atoms with Gasteiger partial charge in [-0.2, -0.15) is 0 Å². The number of rotatable bonds is 7. The van der Waals surface area contributed by atoms with Gasteiger partial charge >= 0.3 is 0 Å². The van der Waals surface area contributed by atoms with Crippen LogP contribution < -0.4 is 16.0 Å². The lowest BCUT2D eigenvalue weighted by molar-refractivity contribution is -0.123. The molecule has 0 unspecified atom stereocenters. The molecule has 0 fully saturated rings. The van der Waals surface area contributed by atoms with Crippen LogP contribution in [0.2, 0.25) is 5.02 Å². The fourth-order valence-electron chi connectivity index (χ4n) is 2.58. The second-order valence-electron chi connectivity index (χ2n) is 6.25. The summed E-state index contributed by atoms with van der Waals surface area (Å²) in [6.45, 7) is 5.86. The average Bonchev–Trinajstić information content (AvgIpc) is 2.61. The average molecular weight is 374 g/mol. The van der Waals surface area contributed by atoms with Gasteiger partial charge in [-0.1, -0.05) is 41.9 Å². The highest BCUT2D eigenvalue weighted by Gasteiger charge is 2.11. The zero-order chi connectivity index (χ0) is 19.1. The number of hydrogen-bond acceptors (Lipinski definition) is 3. The van der Waals surface area contributed by atoms with Gasteiger partial charge in [-0.25, -0.2) is 0 Å². The van der Waals surface area contributed by atoms with Crippen molar-refractivity contribution >= 4 is 29.1 Å². The van der Waals surface area contributed by atoms with Crippen LogP contribution >= 0.6 is 11.6 Å². The Morgan fingerprint density at radius 3 is 2.31 bits per heavy atom. The van der Waals surface area contributed by atoms with Crippen molar-refractivity contribution in [2.75, 3.05) is 18.4 Å². The summed E-state index contributed by atoms with van der Waals surface area (Å²) in [5.74, 6) is -0.492. The predicted molar refractivity (Wildman–Crippen MR) is 105 cm³/mol. The molecule has 138 valence electrons. The summed E-state index contributed by atoms with van der Waals surface area (Å²) in [5.41, 5.74) is 3.76. The number of carbonyl (C=O) groups excluding carboxylic acids is 2. The summed E-state index contributed by atoms with van der Waals surface area (Å²) in [6.07, 6.45) is 0. The van der Waals surface area contributed by atoms with Crippen LogP contribution in [0.4, 0.5) is 5.69 Å². The molecule has 0 spiro atoms. The van der Waals surface area contributed by atoms with Crippen LogP contribution in [0, 0.1) is 13.8 Å². The van der Waals surface area contributed by atoms with E-state index in [9.17, 15) is 9.59 Å². The SMILES string of the molecule is Cc1cccc(C)c1NC(=O)CNC(=O)CN[C@H](C)c1cccc(Cl)c1. The van der Waals surface area contributed by atoms with E-state index in [1.54, 1.807) is 6.07 Å². The van der Waals surface area contributed by atoms with Crippen molar-refractivity contribution < 1.29 is 9.59 Å². The molecule has 2 rings (SSSR count). The molecule has 26 heavy (non-hydrogen) atoms. The van der Waals surface area contributed by atoms with Gasteiger partial charge in [-0.3, -0.25) is 9.59 Å². The van der Waals surface area contributed by atoms with Gasteiger partial charge in [0, 0.05) is 16.8 Å². The molecule has 0 aliphatic carbocycles. The minimum Gasteiger partial charge on any atom is -0.346 e. The van der Waals surface area contributed by atoms with Crippen molar-refractivity contribution in [1.29, 1.82) is 0 Å². The van der Waals surface area contributed by atoms with E-state index >= 15 is 0 Å². The number of benzene rings is 2. The van der Waals surface area contributed by atoms with Crippen LogP contribution in [0.25, 0.3) is 0 Å². The Hall–Kier alpha value is -2.37. The first-order chi connectivity index (χ1) is 12.4. The third-order valence-corrected chi connectivity index (χ3v) is 4.34. The summed E-state index contributed by atoms with van der Waals surface area (Å²) < 4.78 is 0. The molecule has 0 saturated heterocycles. The Balaban J connectivity index is 1.77. The van der Waals surface area contributed by atoms with Crippen LogP contribution in [0.15, 0.2) is 42.5 Å². The normalized spacial score (nSPS) is 11.7. The third kappa shape index (κ3) is 5.86. The summed E-state index contributed by atoms with van der Waals surface area (Å²) in [4.78, 5) is 24.0. The number of aryl methyl sites for hydroxylation is 2. The van der Waals surface area contributed by atoms with Crippen molar-refractivity contribution in [1.82, 2.24) is 10.6 Å². The summed E-state index contributed by atoms with van der Waals surface area (Å²) in [5, 5.41) is 9.23. The predicted octanol–water partition coefficient (Wildman–Crippen LogP) is 3.36. The van der Waals surface area contributed by atoms with Crippen LogP contribution in [0.5, 0.6) is 0 Å². The van der Waals surface area contributed by atoms with Crippen LogP contribution in [0.1, 0.15) is 29.7 Å². The van der Waals surface area contributed by atoms with Gasteiger partial charge in [0.25, 0.3) is 0 Å². The molecule has 0 aliphatic rings. The molecule has 0 radical (unpaired) electrons. The highest BCUT2D eigenvalue weighted by molar-refractivity contribution is 6.30. The fraction of sp³-hybridized carbons (Fsp3) is 0.300. The lowest BCUT2D eigenvalue weighted by Crippen LogP contribution is -2.39. The Labute approximate surface area is 159 Å². The van der Waals surface area contributed by atoms with Crippen molar-refractivity contribution in [3.05, 3.63) is 64.2 Å². The van der Waals surface area contributed by atoms with Crippen molar-refractivity contribution in [3.63, 3.8) is 0 Å². The molecule has 0 saturated carbocycles. The molecule has 3 N–H and O–H groups in total. The Kier molecular flexibility index (Phi) is 7.18. The molecule has 0 heterocycles. The number of para-hydroxylation sites is 1. The lowest BCUT2D eigenvalue weighted by atomic mass is 10.1. The van der Waals surface area contributed by atoms with Crippen LogP contribution in [-0.2, 0) is 9.59 Å². The molecule has 0 bridgehead atoms. The van der Waals surface area contributed by atoms with E-state index in [-0.39, 0.29) is 30.9 Å². The van der Waals surface area contributed by atoms with Gasteiger partial charge in [0.15, 0.2) is 0 Å². The summed E-state index contributed by atoms with van der Waals surface area (Å²) in [7, 11) is 0. The first kappa shape index (κ1) is 19.9. The zero-order valence-corrected chi connectivity index (χ0v) is 16.0. The summed E-state index contributed by atoms with van der Waals surface area (Å²) in [6, 6.07) is 13.3. The molecule has 0 aromatic heterocycles. The van der Waals surface area contributed by atoms with Crippen molar-refractivity contribution in [2.45, 2.75) is 26.8 Å². The third-order valence-electron chi connectivity index (χ3n) is 4.11. The van der Waals surface area contributed by atoms with Gasteiger partial charge in [0.05, 0.1) is 13.1 Å². The standard InChI is InChI=1S/C20H24ClN3O2/c1-13-6-4-7-14(2)20(13)24-19(26)12-23-18(25)11-22-15(3)16-8-5-9-17(21)10-16/h4-10,15,22H,11-12H2,1-3H3,(H,23,25)(H,24,26)/t15-/m1/s1. The number of anilines is 1. The number of amides is 2.